The van der Waals surface area contributed by atoms with Gasteiger partial charge in [-0.1, -0.05) is 13.0 Å². The molecule has 0 atom stereocenters. The minimum Gasteiger partial charge on any atom is -0.508 e. The fourth-order valence-corrected chi connectivity index (χ4v) is 2.72. The average molecular weight is 339 g/mol. The van der Waals surface area contributed by atoms with Crippen LogP contribution in [0.2, 0.25) is 0 Å². The van der Waals surface area contributed by atoms with Crippen molar-refractivity contribution in [2.75, 3.05) is 19.5 Å². The van der Waals surface area contributed by atoms with Gasteiger partial charge in [-0.2, -0.15) is 5.10 Å². The zero-order valence-electron chi connectivity index (χ0n) is 14.5. The molecule has 0 aliphatic heterocycles. The molecule has 130 valence electrons. The highest BCUT2D eigenvalue weighted by molar-refractivity contribution is 5.72. The van der Waals surface area contributed by atoms with Gasteiger partial charge in [-0.05, 0) is 36.2 Å². The first-order chi connectivity index (χ1) is 12.1. The smallest absolute Gasteiger partial charge is 0.161 e. The Balaban J connectivity index is 1.93. The number of aromatic amines is 1. The Labute approximate surface area is 146 Å². The number of nitrogens with zero attached hydrogens (tertiary/aromatic N) is 1. The minimum atomic E-state index is 0.203. The van der Waals surface area contributed by atoms with E-state index in [2.05, 4.69) is 22.4 Å². The second-order valence-corrected chi connectivity index (χ2v) is 5.56. The molecule has 0 radical (unpaired) electrons. The Kier molecular flexibility index (Phi) is 4.79. The van der Waals surface area contributed by atoms with Crippen LogP contribution in [-0.4, -0.2) is 29.5 Å². The molecule has 2 aromatic carbocycles. The van der Waals surface area contributed by atoms with Crippen molar-refractivity contribution in [3.63, 3.8) is 0 Å². The number of hydrogen-bond donors (Lipinski definition) is 3. The quantitative estimate of drug-likeness (QED) is 0.630. The van der Waals surface area contributed by atoms with Crippen LogP contribution in [0.1, 0.15) is 12.5 Å². The van der Waals surface area contributed by atoms with E-state index in [0.717, 1.165) is 28.9 Å². The van der Waals surface area contributed by atoms with Crippen molar-refractivity contribution in [3.05, 3.63) is 48.0 Å². The number of phenolic OH excluding ortho intramolecular Hbond substituents is 1. The Morgan fingerprint density at radius 1 is 1.08 bits per heavy atom. The standard InChI is InChI=1S/C19H21N3O3/c1-4-12-8-17(24-2)18(25-3)10-15(12)16-11-19(22-21-16)20-13-6-5-7-14(23)9-13/h5-11,23H,4H2,1-3H3,(H2,20,21,22). The number of rotatable bonds is 6. The number of H-pyrrole nitrogens is 1. The molecule has 0 bridgehead atoms. The number of methoxy groups -OCH3 is 2. The number of benzene rings is 2. The van der Waals surface area contributed by atoms with Crippen LogP contribution < -0.4 is 14.8 Å². The number of nitrogens with one attached hydrogen (secondary N) is 2. The highest BCUT2D eigenvalue weighted by Crippen LogP contribution is 2.36. The first-order valence-corrected chi connectivity index (χ1v) is 8.01. The van der Waals surface area contributed by atoms with Crippen LogP contribution in [0.3, 0.4) is 0 Å². The molecular formula is C19H21N3O3. The van der Waals surface area contributed by atoms with E-state index in [-0.39, 0.29) is 5.75 Å². The third-order valence-corrected chi connectivity index (χ3v) is 3.98. The SMILES string of the molecule is CCc1cc(OC)c(OC)cc1-c1cc(Nc2cccc(O)c2)n[nH]1. The van der Waals surface area contributed by atoms with E-state index in [1.165, 1.54) is 0 Å². The van der Waals surface area contributed by atoms with Gasteiger partial charge in [0.05, 0.1) is 19.9 Å². The van der Waals surface area contributed by atoms with Crippen LogP contribution in [0.5, 0.6) is 17.2 Å². The molecule has 0 unspecified atom stereocenters. The van der Waals surface area contributed by atoms with Crippen LogP contribution in [0.25, 0.3) is 11.3 Å². The van der Waals surface area contributed by atoms with Crippen molar-refractivity contribution in [1.29, 1.82) is 0 Å². The predicted octanol–water partition coefficient (Wildman–Crippen LogP) is 4.11. The summed E-state index contributed by atoms with van der Waals surface area (Å²) in [5.41, 5.74) is 3.78. The molecule has 0 saturated carbocycles. The molecule has 0 aliphatic rings. The zero-order chi connectivity index (χ0) is 17.8. The summed E-state index contributed by atoms with van der Waals surface area (Å²) in [5, 5.41) is 20.1. The van der Waals surface area contributed by atoms with Gasteiger partial charge < -0.3 is 19.9 Å². The van der Waals surface area contributed by atoms with Gasteiger partial charge in [-0.3, -0.25) is 5.10 Å². The maximum Gasteiger partial charge on any atom is 0.161 e. The molecule has 3 N–H and O–H groups in total. The maximum atomic E-state index is 9.56. The van der Waals surface area contributed by atoms with Crippen LogP contribution in [0, 0.1) is 0 Å². The first kappa shape index (κ1) is 16.7. The maximum absolute atomic E-state index is 9.56. The Morgan fingerprint density at radius 2 is 1.84 bits per heavy atom. The highest BCUT2D eigenvalue weighted by Gasteiger charge is 2.14. The summed E-state index contributed by atoms with van der Waals surface area (Å²) in [7, 11) is 3.25. The summed E-state index contributed by atoms with van der Waals surface area (Å²) in [6.45, 7) is 2.09. The fraction of sp³-hybridized carbons (Fsp3) is 0.211. The van der Waals surface area contributed by atoms with Crippen molar-refractivity contribution >= 4 is 11.5 Å². The predicted molar refractivity (Wildman–Crippen MR) is 97.9 cm³/mol. The van der Waals surface area contributed by atoms with Gasteiger partial charge in [-0.25, -0.2) is 0 Å². The largest absolute Gasteiger partial charge is 0.508 e. The lowest BCUT2D eigenvalue weighted by Crippen LogP contribution is -1.95. The Bertz CT molecular complexity index is 874. The number of hydrogen-bond acceptors (Lipinski definition) is 5. The highest BCUT2D eigenvalue weighted by atomic mass is 16.5. The van der Waals surface area contributed by atoms with Gasteiger partial charge >= 0.3 is 0 Å². The van der Waals surface area contributed by atoms with Crippen molar-refractivity contribution < 1.29 is 14.6 Å². The first-order valence-electron chi connectivity index (χ1n) is 8.01. The summed E-state index contributed by atoms with van der Waals surface area (Å²) < 4.78 is 10.8. The monoisotopic (exact) mass is 339 g/mol. The fourth-order valence-electron chi connectivity index (χ4n) is 2.72. The summed E-state index contributed by atoms with van der Waals surface area (Å²) in [6.07, 6.45) is 0.851. The summed E-state index contributed by atoms with van der Waals surface area (Å²) in [4.78, 5) is 0. The molecule has 1 aromatic heterocycles. The molecule has 1 heterocycles. The van der Waals surface area contributed by atoms with Crippen LogP contribution in [0.15, 0.2) is 42.5 Å². The number of aryl methyl sites for hydroxylation is 1. The molecule has 0 spiro atoms. The zero-order valence-corrected chi connectivity index (χ0v) is 14.5. The van der Waals surface area contributed by atoms with Crippen LogP contribution in [0.4, 0.5) is 11.5 Å². The molecule has 25 heavy (non-hydrogen) atoms. The van der Waals surface area contributed by atoms with Crippen molar-refractivity contribution in [3.8, 4) is 28.5 Å². The second kappa shape index (κ2) is 7.17. The number of phenols is 1. The van der Waals surface area contributed by atoms with Gasteiger partial charge in [-0.15, -0.1) is 0 Å². The van der Waals surface area contributed by atoms with Gasteiger partial charge in [0.25, 0.3) is 0 Å². The van der Waals surface area contributed by atoms with Crippen LogP contribution >= 0.6 is 0 Å². The lowest BCUT2D eigenvalue weighted by molar-refractivity contribution is 0.354. The minimum absolute atomic E-state index is 0.203. The number of aromatic nitrogens is 2. The van der Waals surface area contributed by atoms with E-state index in [1.807, 2.05) is 24.3 Å². The van der Waals surface area contributed by atoms with E-state index >= 15 is 0 Å². The number of ether oxygens (including phenoxy) is 2. The summed E-state index contributed by atoms with van der Waals surface area (Å²) in [6, 6.07) is 12.8. The summed E-state index contributed by atoms with van der Waals surface area (Å²) >= 11 is 0. The molecule has 0 fully saturated rings. The molecule has 3 rings (SSSR count). The molecule has 0 aliphatic carbocycles. The van der Waals surface area contributed by atoms with E-state index in [4.69, 9.17) is 9.47 Å². The average Bonchev–Trinajstić information content (AvgIpc) is 3.08. The van der Waals surface area contributed by atoms with Crippen molar-refractivity contribution in [2.24, 2.45) is 0 Å². The molecule has 0 amide bonds. The van der Waals surface area contributed by atoms with Gasteiger partial charge in [0, 0.05) is 23.4 Å². The van der Waals surface area contributed by atoms with E-state index in [9.17, 15) is 5.11 Å². The lowest BCUT2D eigenvalue weighted by atomic mass is 10.0. The van der Waals surface area contributed by atoms with E-state index in [0.29, 0.717) is 17.3 Å². The molecular weight excluding hydrogens is 318 g/mol. The lowest BCUT2D eigenvalue weighted by Gasteiger charge is -2.13. The second-order valence-electron chi connectivity index (χ2n) is 5.56. The molecule has 3 aromatic rings. The van der Waals surface area contributed by atoms with E-state index < -0.39 is 0 Å². The normalized spacial score (nSPS) is 10.5. The van der Waals surface area contributed by atoms with Crippen LogP contribution in [-0.2, 0) is 6.42 Å². The third kappa shape index (κ3) is 3.52. The van der Waals surface area contributed by atoms with E-state index in [1.54, 1.807) is 32.4 Å². The third-order valence-electron chi connectivity index (χ3n) is 3.98. The topological polar surface area (TPSA) is 79.4 Å². The number of aromatic hydroxyl groups is 1. The Hall–Kier alpha value is -3.15. The van der Waals surface area contributed by atoms with Gasteiger partial charge in [0.1, 0.15) is 5.75 Å². The van der Waals surface area contributed by atoms with Gasteiger partial charge in [0.15, 0.2) is 17.3 Å². The molecule has 6 nitrogen and oxygen atoms in total. The number of anilines is 2. The van der Waals surface area contributed by atoms with Crippen molar-refractivity contribution in [1.82, 2.24) is 10.2 Å². The Morgan fingerprint density at radius 3 is 2.52 bits per heavy atom. The van der Waals surface area contributed by atoms with Gasteiger partial charge in [0.2, 0.25) is 0 Å². The molecule has 0 saturated heterocycles. The van der Waals surface area contributed by atoms with Crippen molar-refractivity contribution in [2.45, 2.75) is 13.3 Å². The summed E-state index contributed by atoms with van der Waals surface area (Å²) in [5.74, 6) is 2.25. The molecule has 6 heteroatoms.